The summed E-state index contributed by atoms with van der Waals surface area (Å²) >= 11 is 1.51. The summed E-state index contributed by atoms with van der Waals surface area (Å²) in [7, 11) is 1.36. The summed E-state index contributed by atoms with van der Waals surface area (Å²) in [5.41, 5.74) is 6.39. The van der Waals surface area contributed by atoms with Gasteiger partial charge in [0.25, 0.3) is 0 Å². The molecule has 3 aromatic carbocycles. The molecule has 1 N–H and O–H groups in total. The number of carbonyl (C=O) groups excluding carboxylic acids is 1. The number of carbonyl (C=O) groups is 1. The number of esters is 1. The van der Waals surface area contributed by atoms with Crippen LogP contribution in [0.5, 0.6) is 11.5 Å². The Morgan fingerprint density at radius 2 is 1.74 bits per heavy atom. The van der Waals surface area contributed by atoms with Gasteiger partial charge in [0.15, 0.2) is 0 Å². The fourth-order valence-corrected chi connectivity index (χ4v) is 3.83. The second kappa shape index (κ2) is 12.3. The van der Waals surface area contributed by atoms with Crippen molar-refractivity contribution in [2.45, 2.75) is 6.42 Å². The molecule has 4 aromatic rings. The van der Waals surface area contributed by atoms with Gasteiger partial charge >= 0.3 is 5.97 Å². The van der Waals surface area contributed by atoms with Gasteiger partial charge in [-0.05, 0) is 42.0 Å². The average molecular weight is 488 g/mol. The summed E-state index contributed by atoms with van der Waals surface area (Å²) < 4.78 is 16.2. The smallest absolute Gasteiger partial charge is 0.337 e. The number of nitrogens with one attached hydrogen (secondary N) is 1. The Balaban J connectivity index is 1.19. The van der Waals surface area contributed by atoms with E-state index in [1.54, 1.807) is 30.5 Å². The molecule has 1 aromatic heterocycles. The van der Waals surface area contributed by atoms with Crippen molar-refractivity contribution in [1.29, 1.82) is 0 Å². The number of benzene rings is 3. The van der Waals surface area contributed by atoms with E-state index in [1.807, 2.05) is 60.0 Å². The predicted molar refractivity (Wildman–Crippen MR) is 139 cm³/mol. The molecule has 1 heterocycles. The highest BCUT2D eigenvalue weighted by atomic mass is 32.1. The molecule has 0 atom stereocenters. The van der Waals surface area contributed by atoms with Crippen LogP contribution in [0.2, 0.25) is 0 Å². The van der Waals surface area contributed by atoms with Gasteiger partial charge in [0, 0.05) is 17.4 Å². The fourth-order valence-electron chi connectivity index (χ4n) is 3.16. The number of nitrogens with zero attached hydrogens (tertiary/aromatic N) is 2. The lowest BCUT2D eigenvalue weighted by molar-refractivity contribution is 0.0600. The predicted octanol–water partition coefficient (Wildman–Crippen LogP) is 5.89. The van der Waals surface area contributed by atoms with Gasteiger partial charge in [-0.25, -0.2) is 9.78 Å². The van der Waals surface area contributed by atoms with Gasteiger partial charge in [-0.1, -0.05) is 42.5 Å². The molecule has 178 valence electrons. The molecule has 0 fully saturated rings. The topological polar surface area (TPSA) is 82.0 Å². The highest BCUT2D eigenvalue weighted by molar-refractivity contribution is 7.14. The SMILES string of the molecule is COC(=O)c1ccc(OCCCOc2cccc(C=NNc3nc(-c4ccccc4)cs3)c2)cc1. The van der Waals surface area contributed by atoms with E-state index in [-0.39, 0.29) is 5.97 Å². The molecule has 0 aliphatic carbocycles. The van der Waals surface area contributed by atoms with Crippen LogP contribution in [0.1, 0.15) is 22.3 Å². The minimum atomic E-state index is -0.367. The average Bonchev–Trinajstić information content (AvgIpc) is 3.38. The van der Waals surface area contributed by atoms with Crippen molar-refractivity contribution in [2.75, 3.05) is 25.7 Å². The number of hydrazone groups is 1. The van der Waals surface area contributed by atoms with Gasteiger partial charge in [0.1, 0.15) is 11.5 Å². The lowest BCUT2D eigenvalue weighted by atomic mass is 10.2. The number of aromatic nitrogens is 1. The number of anilines is 1. The van der Waals surface area contributed by atoms with E-state index in [9.17, 15) is 4.79 Å². The van der Waals surface area contributed by atoms with Crippen LogP contribution in [-0.2, 0) is 4.74 Å². The monoisotopic (exact) mass is 487 g/mol. The van der Waals surface area contributed by atoms with Crippen LogP contribution < -0.4 is 14.9 Å². The lowest BCUT2D eigenvalue weighted by Gasteiger charge is -2.09. The van der Waals surface area contributed by atoms with E-state index < -0.39 is 0 Å². The quantitative estimate of drug-likeness (QED) is 0.123. The molecule has 0 unspecified atom stereocenters. The highest BCUT2D eigenvalue weighted by Crippen LogP contribution is 2.24. The first-order chi connectivity index (χ1) is 17.2. The van der Waals surface area contributed by atoms with E-state index in [0.717, 1.165) is 27.7 Å². The van der Waals surface area contributed by atoms with Crippen LogP contribution in [-0.4, -0.2) is 37.5 Å². The molecule has 0 saturated heterocycles. The largest absolute Gasteiger partial charge is 0.493 e. The zero-order valence-electron chi connectivity index (χ0n) is 19.2. The number of rotatable bonds is 11. The van der Waals surface area contributed by atoms with Crippen molar-refractivity contribution >= 4 is 28.7 Å². The van der Waals surface area contributed by atoms with Gasteiger partial charge in [0.2, 0.25) is 5.13 Å². The normalized spacial score (nSPS) is 10.8. The van der Waals surface area contributed by atoms with Crippen LogP contribution in [0, 0.1) is 0 Å². The summed E-state index contributed by atoms with van der Waals surface area (Å²) in [5.74, 6) is 1.09. The van der Waals surface area contributed by atoms with Crippen LogP contribution in [0.25, 0.3) is 11.3 Å². The molecule has 35 heavy (non-hydrogen) atoms. The molecule has 0 aliphatic rings. The molecule has 7 nitrogen and oxygen atoms in total. The van der Waals surface area contributed by atoms with Crippen molar-refractivity contribution < 1.29 is 19.0 Å². The van der Waals surface area contributed by atoms with Crippen molar-refractivity contribution in [2.24, 2.45) is 5.10 Å². The zero-order chi connectivity index (χ0) is 24.3. The second-order valence-corrected chi connectivity index (χ2v) is 8.27. The second-order valence-electron chi connectivity index (χ2n) is 7.41. The summed E-state index contributed by atoms with van der Waals surface area (Å²) in [6.07, 6.45) is 2.45. The summed E-state index contributed by atoms with van der Waals surface area (Å²) in [4.78, 5) is 16.0. The molecule has 0 amide bonds. The molecular formula is C27H25N3O4S. The number of thiazole rings is 1. The lowest BCUT2D eigenvalue weighted by Crippen LogP contribution is -2.05. The maximum Gasteiger partial charge on any atom is 0.337 e. The Hall–Kier alpha value is -4.17. The fraction of sp³-hybridized carbons (Fsp3) is 0.148. The first kappa shape index (κ1) is 24.0. The van der Waals surface area contributed by atoms with E-state index in [1.165, 1.54) is 18.4 Å². The van der Waals surface area contributed by atoms with Crippen LogP contribution in [0.4, 0.5) is 5.13 Å². The molecule has 0 saturated carbocycles. The van der Waals surface area contributed by atoms with Gasteiger partial charge < -0.3 is 14.2 Å². The molecule has 4 rings (SSSR count). The van der Waals surface area contributed by atoms with E-state index in [4.69, 9.17) is 9.47 Å². The minimum Gasteiger partial charge on any atom is -0.493 e. The van der Waals surface area contributed by atoms with Gasteiger partial charge in [0.05, 0.1) is 37.8 Å². The number of ether oxygens (including phenoxy) is 3. The van der Waals surface area contributed by atoms with Crippen molar-refractivity contribution in [3.63, 3.8) is 0 Å². The molecular weight excluding hydrogens is 462 g/mol. The molecule has 0 radical (unpaired) electrons. The summed E-state index contributed by atoms with van der Waals surface area (Å²) in [6, 6.07) is 24.6. The van der Waals surface area contributed by atoms with Crippen LogP contribution >= 0.6 is 11.3 Å². The van der Waals surface area contributed by atoms with E-state index >= 15 is 0 Å². The number of methoxy groups -OCH3 is 1. The maximum absolute atomic E-state index is 11.5. The third kappa shape index (κ3) is 7.15. The number of hydrogen-bond donors (Lipinski definition) is 1. The Kier molecular flexibility index (Phi) is 8.45. The van der Waals surface area contributed by atoms with Gasteiger partial charge in [-0.2, -0.15) is 5.10 Å². The Morgan fingerprint density at radius 1 is 0.971 bits per heavy atom. The maximum atomic E-state index is 11.5. The first-order valence-corrected chi connectivity index (χ1v) is 11.9. The minimum absolute atomic E-state index is 0.367. The van der Waals surface area contributed by atoms with Crippen molar-refractivity contribution in [3.8, 4) is 22.8 Å². The standard InChI is InChI=1S/C27H25N3O4S/c1-32-26(31)22-11-13-23(14-12-22)33-15-6-16-34-24-10-5-7-20(17-24)18-28-30-27-29-25(19-35-27)21-8-3-2-4-9-21/h2-5,7-14,17-19H,6,15-16H2,1H3,(H,29,30). The third-order valence-electron chi connectivity index (χ3n) is 4.91. The van der Waals surface area contributed by atoms with Crippen molar-refractivity contribution in [1.82, 2.24) is 4.98 Å². The molecule has 0 bridgehead atoms. The van der Waals surface area contributed by atoms with E-state index in [2.05, 4.69) is 20.2 Å². The molecule has 8 heteroatoms. The number of hydrogen-bond acceptors (Lipinski definition) is 8. The third-order valence-corrected chi connectivity index (χ3v) is 5.65. The Labute approximate surface area is 208 Å². The Morgan fingerprint density at radius 3 is 2.51 bits per heavy atom. The molecule has 0 aliphatic heterocycles. The van der Waals surface area contributed by atoms with E-state index in [0.29, 0.717) is 30.9 Å². The van der Waals surface area contributed by atoms with Crippen LogP contribution in [0.15, 0.2) is 89.3 Å². The summed E-state index contributed by atoms with van der Waals surface area (Å²) in [6.45, 7) is 1.02. The first-order valence-electron chi connectivity index (χ1n) is 11.1. The summed E-state index contributed by atoms with van der Waals surface area (Å²) in [5, 5.41) is 7.03. The van der Waals surface area contributed by atoms with Crippen LogP contribution in [0.3, 0.4) is 0 Å². The Bertz CT molecular complexity index is 1260. The van der Waals surface area contributed by atoms with Gasteiger partial charge in [-0.15, -0.1) is 11.3 Å². The van der Waals surface area contributed by atoms with Gasteiger partial charge in [-0.3, -0.25) is 5.43 Å². The van der Waals surface area contributed by atoms with Crippen molar-refractivity contribution in [3.05, 3.63) is 95.4 Å². The molecule has 0 spiro atoms. The highest BCUT2D eigenvalue weighted by Gasteiger charge is 2.05. The zero-order valence-corrected chi connectivity index (χ0v) is 20.0.